The topological polar surface area (TPSA) is 71.2 Å². The van der Waals surface area contributed by atoms with Crippen LogP contribution >= 0.6 is 0 Å². The van der Waals surface area contributed by atoms with Crippen molar-refractivity contribution in [1.29, 1.82) is 0 Å². The maximum absolute atomic E-state index is 10.9. The molecule has 2 amide bonds. The van der Waals surface area contributed by atoms with Gasteiger partial charge in [-0.05, 0) is 12.1 Å². The standard InChI is InChI=1S/C8H8N2O3/c1-2-7(11)10-8(12)13-6-3-4-9-5-6/h2-5,9H,1H2,(H,10,11,12). The van der Waals surface area contributed by atoms with Crippen molar-refractivity contribution < 1.29 is 14.3 Å². The van der Waals surface area contributed by atoms with Crippen molar-refractivity contribution in [2.75, 3.05) is 0 Å². The van der Waals surface area contributed by atoms with Crippen LogP contribution in [0.1, 0.15) is 0 Å². The highest BCUT2D eigenvalue weighted by atomic mass is 16.6. The van der Waals surface area contributed by atoms with Crippen LogP contribution in [0.5, 0.6) is 5.75 Å². The molecule has 0 aliphatic heterocycles. The largest absolute Gasteiger partial charge is 0.419 e. The van der Waals surface area contributed by atoms with E-state index in [9.17, 15) is 9.59 Å². The molecule has 0 bridgehead atoms. The predicted molar refractivity (Wildman–Crippen MR) is 45.2 cm³/mol. The summed E-state index contributed by atoms with van der Waals surface area (Å²) in [5, 5.41) is 1.94. The summed E-state index contributed by atoms with van der Waals surface area (Å²) < 4.78 is 4.68. The van der Waals surface area contributed by atoms with Crippen LogP contribution < -0.4 is 10.1 Å². The summed E-state index contributed by atoms with van der Waals surface area (Å²) in [5.74, 6) is -0.255. The summed E-state index contributed by atoms with van der Waals surface area (Å²) in [6, 6.07) is 1.55. The van der Waals surface area contributed by atoms with Gasteiger partial charge in [-0.1, -0.05) is 6.58 Å². The van der Waals surface area contributed by atoms with Crippen LogP contribution in [0, 0.1) is 0 Å². The Bertz CT molecular complexity index is 316. The van der Waals surface area contributed by atoms with Gasteiger partial charge in [-0.2, -0.15) is 0 Å². The Balaban J connectivity index is 2.42. The molecule has 1 aromatic heterocycles. The van der Waals surface area contributed by atoms with E-state index in [1.807, 2.05) is 5.32 Å². The number of carbonyl (C=O) groups is 2. The number of nitrogens with one attached hydrogen (secondary N) is 2. The Labute approximate surface area is 74.4 Å². The van der Waals surface area contributed by atoms with E-state index in [2.05, 4.69) is 16.3 Å². The molecule has 0 fully saturated rings. The van der Waals surface area contributed by atoms with Crippen molar-refractivity contribution in [1.82, 2.24) is 10.3 Å². The second-order valence-corrected chi connectivity index (χ2v) is 2.13. The first-order valence-electron chi connectivity index (χ1n) is 3.50. The van der Waals surface area contributed by atoms with Gasteiger partial charge in [0.2, 0.25) is 0 Å². The van der Waals surface area contributed by atoms with Gasteiger partial charge in [0, 0.05) is 12.4 Å². The third-order valence-corrected chi connectivity index (χ3v) is 1.19. The number of rotatable bonds is 2. The number of carbonyl (C=O) groups excluding carboxylic acids is 2. The number of aromatic nitrogens is 1. The van der Waals surface area contributed by atoms with Gasteiger partial charge in [0.1, 0.15) is 5.75 Å². The highest BCUT2D eigenvalue weighted by molar-refractivity contribution is 5.98. The van der Waals surface area contributed by atoms with Gasteiger partial charge in [0.25, 0.3) is 5.91 Å². The Kier molecular flexibility index (Phi) is 2.86. The fraction of sp³-hybridized carbons (Fsp3) is 0. The van der Waals surface area contributed by atoms with Crippen LogP contribution in [0.15, 0.2) is 31.1 Å². The number of aromatic amines is 1. The molecule has 13 heavy (non-hydrogen) atoms. The second kappa shape index (κ2) is 4.10. The third-order valence-electron chi connectivity index (χ3n) is 1.19. The Morgan fingerprint density at radius 3 is 2.92 bits per heavy atom. The fourth-order valence-corrected chi connectivity index (χ4v) is 0.656. The molecule has 0 spiro atoms. The summed E-state index contributed by atoms with van der Waals surface area (Å²) in [6.07, 6.45) is 3.23. The van der Waals surface area contributed by atoms with Crippen molar-refractivity contribution in [2.24, 2.45) is 0 Å². The van der Waals surface area contributed by atoms with E-state index in [1.165, 1.54) is 6.20 Å². The Morgan fingerprint density at radius 1 is 1.62 bits per heavy atom. The smallest absolute Gasteiger partial charge is 0.408 e. The lowest BCUT2D eigenvalue weighted by Gasteiger charge is -2.00. The van der Waals surface area contributed by atoms with Crippen LogP contribution in [0.3, 0.4) is 0 Å². The summed E-state index contributed by atoms with van der Waals surface area (Å²) in [7, 11) is 0. The summed E-state index contributed by atoms with van der Waals surface area (Å²) in [4.78, 5) is 24.2. The molecule has 0 saturated heterocycles. The zero-order chi connectivity index (χ0) is 9.68. The molecule has 5 nitrogen and oxygen atoms in total. The minimum absolute atomic E-state index is 0.342. The first-order chi connectivity index (χ1) is 6.22. The molecule has 0 aromatic carbocycles. The van der Waals surface area contributed by atoms with Gasteiger partial charge in [-0.3, -0.25) is 10.1 Å². The van der Waals surface area contributed by atoms with Gasteiger partial charge >= 0.3 is 6.09 Å². The summed E-state index contributed by atoms with van der Waals surface area (Å²) in [5.41, 5.74) is 0. The molecule has 2 N–H and O–H groups in total. The maximum atomic E-state index is 10.9. The van der Waals surface area contributed by atoms with Crippen molar-refractivity contribution in [3.8, 4) is 5.75 Å². The zero-order valence-electron chi connectivity index (χ0n) is 6.74. The lowest BCUT2D eigenvalue weighted by atomic mass is 10.6. The van der Waals surface area contributed by atoms with Crippen LogP contribution in [-0.4, -0.2) is 17.0 Å². The number of H-pyrrole nitrogens is 1. The van der Waals surface area contributed by atoms with E-state index < -0.39 is 12.0 Å². The molecule has 0 radical (unpaired) electrons. The molecule has 1 heterocycles. The normalized spacial score (nSPS) is 8.92. The van der Waals surface area contributed by atoms with Crippen molar-refractivity contribution >= 4 is 12.0 Å². The molecule has 68 valence electrons. The molecule has 0 atom stereocenters. The van der Waals surface area contributed by atoms with E-state index in [0.29, 0.717) is 5.75 Å². The highest BCUT2D eigenvalue weighted by Gasteiger charge is 2.06. The minimum atomic E-state index is -0.829. The van der Waals surface area contributed by atoms with Gasteiger partial charge in [-0.25, -0.2) is 4.79 Å². The molecule has 1 aromatic rings. The third kappa shape index (κ3) is 2.82. The number of hydrogen-bond donors (Lipinski definition) is 2. The van der Waals surface area contributed by atoms with Crippen LogP contribution in [0.25, 0.3) is 0 Å². The van der Waals surface area contributed by atoms with Gasteiger partial charge in [0.15, 0.2) is 0 Å². The number of hydrogen-bond acceptors (Lipinski definition) is 3. The van der Waals surface area contributed by atoms with Crippen LogP contribution in [-0.2, 0) is 4.79 Å². The molecular formula is C8H8N2O3. The number of amides is 2. The molecule has 0 saturated carbocycles. The average Bonchev–Trinajstić information content (AvgIpc) is 2.56. The summed E-state index contributed by atoms with van der Waals surface area (Å²) >= 11 is 0. The second-order valence-electron chi connectivity index (χ2n) is 2.13. The Morgan fingerprint density at radius 2 is 2.38 bits per heavy atom. The molecular weight excluding hydrogens is 172 g/mol. The molecule has 1 rings (SSSR count). The quantitative estimate of drug-likeness (QED) is 0.662. The fourth-order valence-electron chi connectivity index (χ4n) is 0.656. The lowest BCUT2D eigenvalue weighted by molar-refractivity contribution is -0.115. The van der Waals surface area contributed by atoms with Crippen LogP contribution in [0.2, 0.25) is 0 Å². The highest BCUT2D eigenvalue weighted by Crippen LogP contribution is 2.06. The van der Waals surface area contributed by atoms with Gasteiger partial charge in [0.05, 0.1) is 0 Å². The van der Waals surface area contributed by atoms with Gasteiger partial charge in [-0.15, -0.1) is 0 Å². The average molecular weight is 180 g/mol. The lowest BCUT2D eigenvalue weighted by Crippen LogP contribution is -2.31. The van der Waals surface area contributed by atoms with Crippen LogP contribution in [0.4, 0.5) is 4.79 Å². The van der Waals surface area contributed by atoms with Crippen molar-refractivity contribution in [2.45, 2.75) is 0 Å². The zero-order valence-corrected chi connectivity index (χ0v) is 6.74. The SMILES string of the molecule is C=CC(=O)NC(=O)Oc1cc[nH]c1. The minimum Gasteiger partial charge on any atom is -0.408 e. The number of ether oxygens (including phenoxy) is 1. The molecule has 5 heteroatoms. The van der Waals surface area contributed by atoms with Crippen molar-refractivity contribution in [3.05, 3.63) is 31.1 Å². The number of imide groups is 1. The van der Waals surface area contributed by atoms with E-state index in [4.69, 9.17) is 0 Å². The van der Waals surface area contributed by atoms with E-state index in [0.717, 1.165) is 6.08 Å². The molecule has 0 aliphatic rings. The van der Waals surface area contributed by atoms with E-state index >= 15 is 0 Å². The van der Waals surface area contributed by atoms with E-state index in [1.54, 1.807) is 12.3 Å². The summed E-state index contributed by atoms with van der Waals surface area (Å²) in [6.45, 7) is 3.18. The predicted octanol–water partition coefficient (Wildman–Crippen LogP) is 0.816. The molecule has 0 aliphatic carbocycles. The first-order valence-corrected chi connectivity index (χ1v) is 3.50. The molecule has 0 unspecified atom stereocenters. The Hall–Kier alpha value is -2.04. The van der Waals surface area contributed by atoms with Crippen molar-refractivity contribution in [3.63, 3.8) is 0 Å². The van der Waals surface area contributed by atoms with Gasteiger partial charge < -0.3 is 9.72 Å². The van der Waals surface area contributed by atoms with E-state index in [-0.39, 0.29) is 0 Å². The first kappa shape index (κ1) is 9.05. The monoisotopic (exact) mass is 180 g/mol. The maximum Gasteiger partial charge on any atom is 0.419 e.